The zero-order valence-corrected chi connectivity index (χ0v) is 17.7. The number of aromatic nitrogens is 3. The number of alkyl halides is 3. The first-order chi connectivity index (χ1) is 14.5. The highest BCUT2D eigenvalue weighted by atomic mass is 32.2. The van der Waals surface area contributed by atoms with Crippen molar-refractivity contribution in [2.45, 2.75) is 11.1 Å². The normalized spacial score (nSPS) is 12.0. The van der Waals surface area contributed by atoms with Crippen molar-refractivity contribution in [1.29, 1.82) is 0 Å². The van der Waals surface area contributed by atoms with Crippen LogP contribution < -0.4 is 14.2 Å². The van der Waals surface area contributed by atoms with Crippen molar-refractivity contribution >= 4 is 9.84 Å². The predicted octanol–water partition coefficient (Wildman–Crippen LogP) is 3.38. The molecule has 0 spiro atoms. The van der Waals surface area contributed by atoms with E-state index in [0.717, 1.165) is 23.2 Å². The van der Waals surface area contributed by atoms with E-state index in [1.165, 1.54) is 45.6 Å². The molecular weight excluding hydrogens is 439 g/mol. The van der Waals surface area contributed by atoms with E-state index >= 15 is 0 Å². The van der Waals surface area contributed by atoms with Crippen molar-refractivity contribution in [3.05, 3.63) is 42.2 Å². The maximum atomic E-state index is 13.4. The molecule has 0 radical (unpaired) electrons. The van der Waals surface area contributed by atoms with Crippen LogP contribution in [-0.2, 0) is 16.0 Å². The van der Waals surface area contributed by atoms with Gasteiger partial charge in [-0.25, -0.2) is 18.1 Å². The van der Waals surface area contributed by atoms with Gasteiger partial charge in [0.25, 0.3) is 0 Å². The standard InChI is InChI=1S/C19H18F3N3O5S/c1-28-14-7-11(8-15(29-2)18(14)30-3)13-9-16(19(20,21)22)24-25(13)17-6-5-12(10-23-17)31(4,26)27/h5-10H,1-4H3. The van der Waals surface area contributed by atoms with Crippen molar-refractivity contribution in [2.75, 3.05) is 27.6 Å². The Morgan fingerprint density at radius 2 is 1.58 bits per heavy atom. The van der Waals surface area contributed by atoms with Crippen LogP contribution in [0, 0.1) is 0 Å². The number of rotatable bonds is 6. The summed E-state index contributed by atoms with van der Waals surface area (Å²) < 4.78 is 80.3. The Balaban J connectivity index is 2.25. The van der Waals surface area contributed by atoms with Crippen LogP contribution in [0.25, 0.3) is 17.1 Å². The minimum Gasteiger partial charge on any atom is -0.493 e. The molecule has 3 rings (SSSR count). The van der Waals surface area contributed by atoms with Gasteiger partial charge in [0.05, 0.1) is 31.9 Å². The van der Waals surface area contributed by atoms with Crippen LogP contribution in [0.4, 0.5) is 13.2 Å². The smallest absolute Gasteiger partial charge is 0.435 e. The minimum absolute atomic E-state index is 0.00773. The van der Waals surface area contributed by atoms with Crippen LogP contribution in [-0.4, -0.2) is 50.8 Å². The number of hydrogen-bond donors (Lipinski definition) is 0. The first-order valence-corrected chi connectivity index (χ1v) is 10.5. The largest absolute Gasteiger partial charge is 0.493 e. The van der Waals surface area contributed by atoms with Gasteiger partial charge in [0, 0.05) is 18.0 Å². The zero-order valence-electron chi connectivity index (χ0n) is 16.9. The summed E-state index contributed by atoms with van der Waals surface area (Å²) in [7, 11) is 0.635. The lowest BCUT2D eigenvalue weighted by Gasteiger charge is -2.14. The Hall–Kier alpha value is -3.28. The van der Waals surface area contributed by atoms with Gasteiger partial charge in [-0.1, -0.05) is 0 Å². The quantitative estimate of drug-likeness (QED) is 0.560. The number of hydrogen-bond acceptors (Lipinski definition) is 7. The van der Waals surface area contributed by atoms with Gasteiger partial charge in [-0.2, -0.15) is 18.3 Å². The van der Waals surface area contributed by atoms with Gasteiger partial charge in [0.1, 0.15) is 0 Å². The predicted molar refractivity (Wildman–Crippen MR) is 105 cm³/mol. The van der Waals surface area contributed by atoms with Crippen molar-refractivity contribution in [3.63, 3.8) is 0 Å². The summed E-state index contributed by atoms with van der Waals surface area (Å²) in [6.45, 7) is 0. The SMILES string of the molecule is COc1cc(-c2cc(C(F)(F)F)nn2-c2ccc(S(C)(=O)=O)cn2)cc(OC)c1OC. The average molecular weight is 457 g/mol. The van der Waals surface area contributed by atoms with E-state index < -0.39 is 21.7 Å². The Kier molecular flexibility index (Phi) is 5.85. The molecule has 0 bridgehead atoms. The molecule has 0 saturated heterocycles. The fraction of sp³-hybridized carbons (Fsp3) is 0.263. The maximum absolute atomic E-state index is 13.4. The van der Waals surface area contributed by atoms with Gasteiger partial charge < -0.3 is 14.2 Å². The topological polar surface area (TPSA) is 92.5 Å². The maximum Gasteiger partial charge on any atom is 0.435 e. The molecule has 2 heterocycles. The number of pyridine rings is 1. The van der Waals surface area contributed by atoms with Crippen LogP contribution in [0.2, 0.25) is 0 Å². The van der Waals surface area contributed by atoms with Crippen LogP contribution in [0.5, 0.6) is 17.2 Å². The first kappa shape index (κ1) is 22.4. The highest BCUT2D eigenvalue weighted by Crippen LogP contribution is 2.42. The number of ether oxygens (including phenoxy) is 3. The van der Waals surface area contributed by atoms with Gasteiger partial charge in [0.15, 0.2) is 32.8 Å². The van der Waals surface area contributed by atoms with Crippen LogP contribution in [0.3, 0.4) is 0 Å². The second kappa shape index (κ2) is 8.10. The van der Waals surface area contributed by atoms with E-state index in [2.05, 4.69) is 10.1 Å². The molecule has 0 unspecified atom stereocenters. The van der Waals surface area contributed by atoms with Crippen molar-refractivity contribution in [1.82, 2.24) is 14.8 Å². The van der Waals surface area contributed by atoms with E-state index in [1.54, 1.807) is 0 Å². The highest BCUT2D eigenvalue weighted by Gasteiger charge is 2.35. The van der Waals surface area contributed by atoms with E-state index in [-0.39, 0.29) is 39.2 Å². The molecule has 1 aromatic carbocycles. The molecule has 12 heteroatoms. The molecule has 3 aromatic rings. The third kappa shape index (κ3) is 4.43. The molecule has 2 aromatic heterocycles. The molecule has 0 N–H and O–H groups in total. The second-order valence-electron chi connectivity index (χ2n) is 6.36. The molecule has 0 amide bonds. The molecule has 8 nitrogen and oxygen atoms in total. The van der Waals surface area contributed by atoms with Gasteiger partial charge >= 0.3 is 6.18 Å². The monoisotopic (exact) mass is 457 g/mol. The summed E-state index contributed by atoms with van der Waals surface area (Å²) >= 11 is 0. The number of halogens is 3. The molecule has 31 heavy (non-hydrogen) atoms. The fourth-order valence-electron chi connectivity index (χ4n) is 2.85. The third-order valence-electron chi connectivity index (χ3n) is 4.33. The highest BCUT2D eigenvalue weighted by molar-refractivity contribution is 7.90. The summed E-state index contributed by atoms with van der Waals surface area (Å²) in [6, 6.07) is 6.31. The summed E-state index contributed by atoms with van der Waals surface area (Å²) in [5.74, 6) is 0.732. The van der Waals surface area contributed by atoms with E-state index in [1.807, 2.05) is 0 Å². The van der Waals surface area contributed by atoms with Crippen LogP contribution >= 0.6 is 0 Å². The van der Waals surface area contributed by atoms with Crippen molar-refractivity contribution in [2.24, 2.45) is 0 Å². The number of benzene rings is 1. The minimum atomic E-state index is -4.71. The average Bonchev–Trinajstić information content (AvgIpc) is 3.18. The summed E-state index contributed by atoms with van der Waals surface area (Å²) in [6.07, 6.45) is -2.66. The Labute approximate surface area is 176 Å². The lowest BCUT2D eigenvalue weighted by Crippen LogP contribution is -2.08. The van der Waals surface area contributed by atoms with Gasteiger partial charge in [-0.05, 0) is 30.3 Å². The Bertz CT molecular complexity index is 1180. The van der Waals surface area contributed by atoms with Gasteiger partial charge in [0.2, 0.25) is 5.75 Å². The fourth-order valence-corrected chi connectivity index (χ4v) is 3.41. The number of sulfone groups is 1. The van der Waals surface area contributed by atoms with Crippen molar-refractivity contribution < 1.29 is 35.8 Å². The van der Waals surface area contributed by atoms with E-state index in [4.69, 9.17) is 14.2 Å². The lowest BCUT2D eigenvalue weighted by atomic mass is 10.1. The third-order valence-corrected chi connectivity index (χ3v) is 5.42. The molecule has 0 aliphatic carbocycles. The van der Waals surface area contributed by atoms with Gasteiger partial charge in [-0.15, -0.1) is 0 Å². The molecule has 0 fully saturated rings. The summed E-state index contributed by atoms with van der Waals surface area (Å²) in [5, 5.41) is 3.64. The molecule has 0 aliphatic rings. The van der Waals surface area contributed by atoms with Gasteiger partial charge in [-0.3, -0.25) is 0 Å². The summed E-state index contributed by atoms with van der Waals surface area (Å²) in [5.41, 5.74) is -0.831. The molecule has 0 aliphatic heterocycles. The summed E-state index contributed by atoms with van der Waals surface area (Å²) in [4.78, 5) is 3.91. The molecule has 0 saturated carbocycles. The zero-order chi connectivity index (χ0) is 23.0. The molecule has 0 atom stereocenters. The molecular formula is C19H18F3N3O5S. The number of nitrogens with zero attached hydrogens (tertiary/aromatic N) is 3. The number of methoxy groups -OCH3 is 3. The second-order valence-corrected chi connectivity index (χ2v) is 8.38. The van der Waals surface area contributed by atoms with Crippen molar-refractivity contribution in [3.8, 4) is 34.3 Å². The van der Waals surface area contributed by atoms with E-state index in [9.17, 15) is 21.6 Å². The Morgan fingerprint density at radius 1 is 0.968 bits per heavy atom. The molecule has 166 valence electrons. The lowest BCUT2D eigenvalue weighted by molar-refractivity contribution is -0.141. The first-order valence-electron chi connectivity index (χ1n) is 8.63. The van der Waals surface area contributed by atoms with E-state index in [0.29, 0.717) is 0 Å². The van der Waals surface area contributed by atoms with Crippen LogP contribution in [0.1, 0.15) is 5.69 Å². The Morgan fingerprint density at radius 3 is 2.00 bits per heavy atom. The van der Waals surface area contributed by atoms with Crippen LogP contribution in [0.15, 0.2) is 41.4 Å².